The minimum absolute atomic E-state index is 0.241. The van der Waals surface area contributed by atoms with Crippen LogP contribution in [0.1, 0.15) is 39.5 Å². The third-order valence-corrected chi connectivity index (χ3v) is 4.37. The fourth-order valence-electron chi connectivity index (χ4n) is 2.69. The molecule has 0 saturated heterocycles. The third-order valence-electron chi connectivity index (χ3n) is 4.37. The van der Waals surface area contributed by atoms with Crippen molar-refractivity contribution in [3.8, 4) is 0 Å². The Bertz CT molecular complexity index is 556. The van der Waals surface area contributed by atoms with Crippen LogP contribution in [0.5, 0.6) is 0 Å². The number of hydrogen-bond acceptors (Lipinski definition) is 12. The van der Waals surface area contributed by atoms with Crippen LogP contribution < -0.4 is 14.7 Å². The quantitative estimate of drug-likeness (QED) is 0.193. The average Bonchev–Trinajstić information content (AvgIpc) is 2.82. The lowest BCUT2D eigenvalue weighted by atomic mass is 10.4. The molecule has 0 bridgehead atoms. The van der Waals surface area contributed by atoms with Gasteiger partial charge in [0.05, 0.1) is 0 Å². The van der Waals surface area contributed by atoms with E-state index in [1.165, 1.54) is 0 Å². The lowest BCUT2D eigenvalue weighted by Gasteiger charge is -2.28. The summed E-state index contributed by atoms with van der Waals surface area (Å²) in [5.41, 5.74) is 0. The topological polar surface area (TPSA) is 104 Å². The van der Waals surface area contributed by atoms with Crippen molar-refractivity contribution in [1.29, 1.82) is 0 Å². The summed E-state index contributed by atoms with van der Waals surface area (Å²) in [4.78, 5) is 19.3. The Morgan fingerprint density at radius 1 is 0.515 bits per heavy atom. The fraction of sp³-hybridized carbons (Fsp3) is 0.857. The normalized spacial score (nSPS) is 11.1. The van der Waals surface area contributed by atoms with E-state index in [0.717, 1.165) is 25.7 Å². The molecule has 0 unspecified atom stereocenters. The Morgan fingerprint density at radius 3 is 1.09 bits per heavy atom. The molecule has 12 heteroatoms. The van der Waals surface area contributed by atoms with E-state index in [1.807, 2.05) is 4.90 Å². The Morgan fingerprint density at radius 2 is 0.818 bits per heavy atom. The standard InChI is InChI=1S/C21H42N6O6/c1-7-9-11-32-17-27(18-33-12-10-8-2)21-23-19(25(13-28-3)14-29-4)22-20(24-21)26(15-30-5)16-31-6/h7-18H2,1-6H3. The maximum Gasteiger partial charge on any atom is 0.235 e. The van der Waals surface area contributed by atoms with Gasteiger partial charge in [0.1, 0.15) is 40.4 Å². The molecular weight excluding hydrogens is 432 g/mol. The van der Waals surface area contributed by atoms with E-state index in [2.05, 4.69) is 28.8 Å². The van der Waals surface area contributed by atoms with Crippen LogP contribution in [0.4, 0.5) is 17.8 Å². The van der Waals surface area contributed by atoms with Crippen molar-refractivity contribution >= 4 is 17.8 Å². The number of ether oxygens (including phenoxy) is 6. The number of unbranched alkanes of at least 4 members (excludes halogenated alkanes) is 2. The van der Waals surface area contributed by atoms with E-state index in [4.69, 9.17) is 28.4 Å². The smallest absolute Gasteiger partial charge is 0.235 e. The maximum atomic E-state index is 5.86. The van der Waals surface area contributed by atoms with Crippen LogP contribution in [0.25, 0.3) is 0 Å². The van der Waals surface area contributed by atoms with Gasteiger partial charge < -0.3 is 28.4 Å². The maximum absolute atomic E-state index is 5.86. The van der Waals surface area contributed by atoms with Crippen LogP contribution in [0.3, 0.4) is 0 Å². The number of rotatable bonds is 21. The Labute approximate surface area is 198 Å². The molecular formula is C21H42N6O6. The predicted octanol–water partition coefficient (Wildman–Crippen LogP) is 2.25. The van der Waals surface area contributed by atoms with Gasteiger partial charge in [-0.05, 0) is 12.8 Å². The number of aromatic nitrogens is 3. The number of hydrogen-bond donors (Lipinski definition) is 0. The van der Waals surface area contributed by atoms with E-state index >= 15 is 0 Å². The van der Waals surface area contributed by atoms with Crippen molar-refractivity contribution in [3.05, 3.63) is 0 Å². The summed E-state index contributed by atoms with van der Waals surface area (Å²) in [6.07, 6.45) is 4.06. The van der Waals surface area contributed by atoms with Gasteiger partial charge in [0, 0.05) is 41.7 Å². The lowest BCUT2D eigenvalue weighted by Crippen LogP contribution is -2.36. The van der Waals surface area contributed by atoms with Crippen molar-refractivity contribution in [1.82, 2.24) is 15.0 Å². The van der Waals surface area contributed by atoms with Gasteiger partial charge in [0.15, 0.2) is 0 Å². The molecule has 0 fully saturated rings. The molecule has 0 aliphatic rings. The molecule has 0 spiro atoms. The Hall–Kier alpha value is -1.83. The van der Waals surface area contributed by atoms with Gasteiger partial charge in [0.25, 0.3) is 0 Å². The van der Waals surface area contributed by atoms with Crippen molar-refractivity contribution in [2.45, 2.75) is 39.5 Å². The first-order chi connectivity index (χ1) is 16.1. The van der Waals surface area contributed by atoms with E-state index in [0.29, 0.717) is 31.1 Å². The SMILES string of the molecule is CCCCOCN(COCCCC)c1nc(N(COC)COC)nc(N(COC)COC)n1. The minimum atomic E-state index is 0.241. The first-order valence-corrected chi connectivity index (χ1v) is 11.3. The van der Waals surface area contributed by atoms with Gasteiger partial charge in [-0.3, -0.25) is 14.7 Å². The summed E-state index contributed by atoms with van der Waals surface area (Å²) in [6.45, 7) is 7.08. The molecule has 1 aromatic heterocycles. The molecule has 0 atom stereocenters. The highest BCUT2D eigenvalue weighted by Crippen LogP contribution is 2.20. The highest BCUT2D eigenvalue weighted by Gasteiger charge is 2.21. The largest absolute Gasteiger partial charge is 0.364 e. The molecule has 0 aliphatic heterocycles. The van der Waals surface area contributed by atoms with Gasteiger partial charge >= 0.3 is 0 Å². The van der Waals surface area contributed by atoms with Crippen molar-refractivity contribution in [2.24, 2.45) is 0 Å². The predicted molar refractivity (Wildman–Crippen MR) is 126 cm³/mol. The Kier molecular flexibility index (Phi) is 16.4. The molecule has 192 valence electrons. The van der Waals surface area contributed by atoms with Gasteiger partial charge in [-0.1, -0.05) is 26.7 Å². The minimum Gasteiger partial charge on any atom is -0.364 e. The summed E-state index contributed by atoms with van der Waals surface area (Å²) in [5, 5.41) is 0. The molecule has 1 rings (SSSR count). The number of nitrogens with zero attached hydrogens (tertiary/aromatic N) is 6. The van der Waals surface area contributed by atoms with Crippen LogP contribution in [0.2, 0.25) is 0 Å². The second-order valence-corrected chi connectivity index (χ2v) is 7.31. The highest BCUT2D eigenvalue weighted by atomic mass is 16.5. The molecule has 0 N–H and O–H groups in total. The van der Waals surface area contributed by atoms with Gasteiger partial charge in [0.2, 0.25) is 17.8 Å². The van der Waals surface area contributed by atoms with Crippen LogP contribution in [-0.2, 0) is 28.4 Å². The zero-order valence-electron chi connectivity index (χ0n) is 21.1. The first kappa shape index (κ1) is 29.2. The highest BCUT2D eigenvalue weighted by molar-refractivity contribution is 5.45. The lowest BCUT2D eigenvalue weighted by molar-refractivity contribution is 0.0811. The zero-order chi connectivity index (χ0) is 24.3. The number of anilines is 3. The summed E-state index contributed by atoms with van der Waals surface area (Å²) < 4.78 is 33.0. The summed E-state index contributed by atoms with van der Waals surface area (Å²) in [7, 11) is 6.40. The molecule has 1 aromatic rings. The number of methoxy groups -OCH3 is 4. The van der Waals surface area contributed by atoms with E-state index in [1.54, 1.807) is 38.2 Å². The van der Waals surface area contributed by atoms with Crippen LogP contribution in [-0.4, -0.2) is 97.0 Å². The summed E-state index contributed by atoms with van der Waals surface area (Å²) in [6, 6.07) is 0. The molecule has 0 saturated carbocycles. The monoisotopic (exact) mass is 474 g/mol. The fourth-order valence-corrected chi connectivity index (χ4v) is 2.69. The molecule has 33 heavy (non-hydrogen) atoms. The second-order valence-electron chi connectivity index (χ2n) is 7.31. The average molecular weight is 475 g/mol. The summed E-state index contributed by atoms with van der Waals surface area (Å²) in [5.74, 6) is 1.20. The van der Waals surface area contributed by atoms with Crippen molar-refractivity contribution < 1.29 is 28.4 Å². The van der Waals surface area contributed by atoms with Crippen LogP contribution >= 0.6 is 0 Å². The van der Waals surface area contributed by atoms with Crippen molar-refractivity contribution in [2.75, 3.05) is 96.7 Å². The Balaban J connectivity index is 3.31. The van der Waals surface area contributed by atoms with Crippen molar-refractivity contribution in [3.63, 3.8) is 0 Å². The molecule has 0 aliphatic carbocycles. The summed E-state index contributed by atoms with van der Waals surface area (Å²) >= 11 is 0. The van der Waals surface area contributed by atoms with Gasteiger partial charge in [-0.2, -0.15) is 15.0 Å². The van der Waals surface area contributed by atoms with Crippen LogP contribution in [0, 0.1) is 0 Å². The van der Waals surface area contributed by atoms with Gasteiger partial charge in [-0.15, -0.1) is 0 Å². The second kappa shape index (κ2) is 18.6. The molecule has 0 amide bonds. The van der Waals surface area contributed by atoms with E-state index in [-0.39, 0.29) is 40.4 Å². The molecule has 0 radical (unpaired) electrons. The van der Waals surface area contributed by atoms with E-state index in [9.17, 15) is 0 Å². The van der Waals surface area contributed by atoms with E-state index < -0.39 is 0 Å². The third kappa shape index (κ3) is 11.2. The zero-order valence-corrected chi connectivity index (χ0v) is 21.1. The molecule has 0 aromatic carbocycles. The molecule has 1 heterocycles. The van der Waals surface area contributed by atoms with Gasteiger partial charge in [-0.25, -0.2) is 0 Å². The molecule has 12 nitrogen and oxygen atoms in total. The first-order valence-electron chi connectivity index (χ1n) is 11.3. The van der Waals surface area contributed by atoms with Crippen LogP contribution in [0.15, 0.2) is 0 Å².